The number of halogens is 4. The van der Waals surface area contributed by atoms with Gasteiger partial charge in [0.15, 0.2) is 11.5 Å². The highest BCUT2D eigenvalue weighted by Gasteiger charge is 2.18. The van der Waals surface area contributed by atoms with Crippen molar-refractivity contribution in [2.75, 3.05) is 13.2 Å². The number of benzene rings is 5. The van der Waals surface area contributed by atoms with Crippen molar-refractivity contribution < 1.29 is 28.5 Å². The van der Waals surface area contributed by atoms with Crippen molar-refractivity contribution in [1.29, 1.82) is 0 Å². The van der Waals surface area contributed by atoms with Crippen molar-refractivity contribution in [2.24, 2.45) is 9.98 Å². The second-order valence-corrected chi connectivity index (χ2v) is 16.3. The highest BCUT2D eigenvalue weighted by Crippen LogP contribution is 2.37. The molecule has 0 radical (unpaired) electrons. The SMILES string of the molecule is CCCCCCCCOc1ccc(N=Cc2ccc(C(=O)Oc3cc(OC(=O)c4ccc(C=Nc5ccc(OCCCCCCCC)c(Cl)c5)cc4)c(Cl)cc3Cl)cc2)cc1Cl. The fourth-order valence-corrected chi connectivity index (χ4v) is 7.12. The summed E-state index contributed by atoms with van der Waals surface area (Å²) < 4.78 is 22.9. The van der Waals surface area contributed by atoms with Gasteiger partial charge in [-0.15, -0.1) is 0 Å². The molecule has 0 aromatic heterocycles. The zero-order valence-electron chi connectivity index (χ0n) is 35.1. The van der Waals surface area contributed by atoms with Gasteiger partial charge in [0.25, 0.3) is 0 Å². The van der Waals surface area contributed by atoms with Crippen molar-refractivity contribution in [2.45, 2.75) is 90.9 Å². The van der Waals surface area contributed by atoms with Crippen LogP contribution in [0.25, 0.3) is 0 Å². The topological polar surface area (TPSA) is 95.8 Å². The zero-order valence-corrected chi connectivity index (χ0v) is 38.2. The van der Waals surface area contributed by atoms with Crippen LogP contribution in [0.2, 0.25) is 20.1 Å². The fourth-order valence-electron chi connectivity index (χ4n) is 6.20. The van der Waals surface area contributed by atoms with Crippen LogP contribution in [-0.4, -0.2) is 37.6 Å². The monoisotopic (exact) mass is 916 g/mol. The van der Waals surface area contributed by atoms with Gasteiger partial charge in [-0.3, -0.25) is 9.98 Å². The molecule has 62 heavy (non-hydrogen) atoms. The minimum atomic E-state index is -0.675. The number of rotatable bonds is 24. The molecule has 0 spiro atoms. The largest absolute Gasteiger partial charge is 0.492 e. The van der Waals surface area contributed by atoms with E-state index in [0.717, 1.165) is 36.8 Å². The van der Waals surface area contributed by atoms with Crippen LogP contribution < -0.4 is 18.9 Å². The average molecular weight is 919 g/mol. The van der Waals surface area contributed by atoms with E-state index < -0.39 is 11.9 Å². The number of carbonyl (C=O) groups excluding carboxylic acids is 2. The van der Waals surface area contributed by atoms with E-state index >= 15 is 0 Å². The van der Waals surface area contributed by atoms with Crippen molar-refractivity contribution in [1.82, 2.24) is 0 Å². The first-order chi connectivity index (χ1) is 30.1. The minimum absolute atomic E-state index is 0.0325. The second kappa shape index (κ2) is 25.9. The molecule has 0 heterocycles. The van der Waals surface area contributed by atoms with Gasteiger partial charge in [0.1, 0.15) is 11.5 Å². The van der Waals surface area contributed by atoms with Gasteiger partial charge in [-0.25, -0.2) is 9.59 Å². The van der Waals surface area contributed by atoms with Crippen LogP contribution in [0.5, 0.6) is 23.0 Å². The second-order valence-electron chi connectivity index (χ2n) is 14.7. The molecule has 12 heteroatoms. The highest BCUT2D eigenvalue weighted by molar-refractivity contribution is 6.36. The van der Waals surface area contributed by atoms with Crippen molar-refractivity contribution in [3.8, 4) is 23.0 Å². The number of hydrogen-bond donors (Lipinski definition) is 0. The number of carbonyl (C=O) groups is 2. The van der Waals surface area contributed by atoms with E-state index in [1.165, 1.54) is 63.5 Å². The summed E-state index contributed by atoms with van der Waals surface area (Å²) in [5.74, 6) is -0.148. The lowest BCUT2D eigenvalue weighted by Crippen LogP contribution is -2.11. The predicted octanol–water partition coefficient (Wildman–Crippen LogP) is 15.7. The third kappa shape index (κ3) is 15.8. The number of aliphatic imine (C=N–C) groups is 2. The third-order valence-corrected chi connectivity index (χ3v) is 10.9. The molecule has 0 amide bonds. The fraction of sp³-hybridized carbons (Fsp3) is 0.320. The highest BCUT2D eigenvalue weighted by atomic mass is 35.5. The smallest absolute Gasteiger partial charge is 0.343 e. The molecule has 0 aliphatic heterocycles. The van der Waals surface area contributed by atoms with Gasteiger partial charge >= 0.3 is 11.9 Å². The van der Waals surface area contributed by atoms with E-state index in [1.54, 1.807) is 73.1 Å². The maximum absolute atomic E-state index is 13.1. The first-order valence-corrected chi connectivity index (χ1v) is 22.7. The summed E-state index contributed by atoms with van der Waals surface area (Å²) in [5.41, 5.74) is 3.35. The standard InChI is InChI=1S/C50H52Cl4N2O6/c1-3-5-7-9-11-13-27-59-45-25-23-39(29-41(45)51)55-33-35-15-19-37(20-16-35)49(57)61-47-32-48(44(54)31-43(47)53)62-50(58)38-21-17-36(18-22-38)34-56-40-24-26-46(42(52)30-40)60-28-14-12-10-8-6-4-2/h15-26,29-34H,3-14,27-28H2,1-2H3. The molecule has 0 atom stereocenters. The van der Waals surface area contributed by atoms with E-state index in [1.807, 2.05) is 24.3 Å². The molecule has 0 unspecified atom stereocenters. The summed E-state index contributed by atoms with van der Waals surface area (Å²) in [4.78, 5) is 35.2. The Morgan fingerprint density at radius 2 is 0.823 bits per heavy atom. The quantitative estimate of drug-likeness (QED) is 0.0265. The van der Waals surface area contributed by atoms with Crippen LogP contribution in [0.4, 0.5) is 11.4 Å². The summed E-state index contributed by atoms with van der Waals surface area (Å²) >= 11 is 25.7. The van der Waals surface area contributed by atoms with Crippen LogP contribution in [0.15, 0.2) is 107 Å². The number of unbranched alkanes of at least 4 members (excludes halogenated alkanes) is 10. The number of hydrogen-bond acceptors (Lipinski definition) is 8. The maximum Gasteiger partial charge on any atom is 0.343 e. The lowest BCUT2D eigenvalue weighted by atomic mass is 10.1. The average Bonchev–Trinajstić information content (AvgIpc) is 3.27. The molecule has 5 aromatic carbocycles. The van der Waals surface area contributed by atoms with Crippen molar-refractivity contribution in [3.63, 3.8) is 0 Å². The molecule has 5 rings (SSSR count). The number of esters is 2. The first kappa shape index (κ1) is 48.2. The van der Waals surface area contributed by atoms with E-state index in [9.17, 15) is 9.59 Å². The van der Waals surface area contributed by atoms with Gasteiger partial charge < -0.3 is 18.9 Å². The Morgan fingerprint density at radius 1 is 0.452 bits per heavy atom. The predicted molar refractivity (Wildman–Crippen MR) is 254 cm³/mol. The zero-order chi connectivity index (χ0) is 44.1. The Bertz CT molecular complexity index is 2120. The Labute approximate surface area is 385 Å². The summed E-state index contributed by atoms with van der Waals surface area (Å²) in [6.45, 7) is 5.67. The van der Waals surface area contributed by atoms with Gasteiger partial charge in [0.05, 0.1) is 55.8 Å². The van der Waals surface area contributed by atoms with Gasteiger partial charge in [0, 0.05) is 18.5 Å². The molecule has 8 nitrogen and oxygen atoms in total. The molecule has 0 saturated carbocycles. The third-order valence-electron chi connectivity index (χ3n) is 9.75. The lowest BCUT2D eigenvalue weighted by Gasteiger charge is -2.11. The first-order valence-electron chi connectivity index (χ1n) is 21.2. The molecule has 0 bridgehead atoms. The molecule has 0 saturated heterocycles. The Morgan fingerprint density at radius 3 is 1.21 bits per heavy atom. The van der Waals surface area contributed by atoms with Gasteiger partial charge in [-0.2, -0.15) is 0 Å². The molecule has 0 aliphatic carbocycles. The Hall–Kier alpha value is -4.86. The molecule has 0 fully saturated rings. The lowest BCUT2D eigenvalue weighted by molar-refractivity contribution is 0.0733. The summed E-state index contributed by atoms with van der Waals surface area (Å²) in [5, 5.41) is 1.11. The van der Waals surface area contributed by atoms with E-state index in [2.05, 4.69) is 23.8 Å². The van der Waals surface area contributed by atoms with Gasteiger partial charge in [-0.1, -0.05) is 149 Å². The van der Waals surface area contributed by atoms with Crippen LogP contribution in [0.3, 0.4) is 0 Å². The van der Waals surface area contributed by atoms with Gasteiger partial charge in [-0.05, 0) is 90.7 Å². The summed E-state index contributed by atoms with van der Waals surface area (Å²) in [6.07, 6.45) is 17.6. The Balaban J connectivity index is 1.10. The van der Waals surface area contributed by atoms with Crippen LogP contribution >= 0.6 is 46.4 Å². The van der Waals surface area contributed by atoms with Gasteiger partial charge in [0.2, 0.25) is 0 Å². The number of ether oxygens (including phenoxy) is 4. The van der Waals surface area contributed by atoms with E-state index in [4.69, 9.17) is 65.4 Å². The summed E-state index contributed by atoms with van der Waals surface area (Å²) in [7, 11) is 0. The molecular formula is C50H52Cl4N2O6. The molecular weight excluding hydrogens is 866 g/mol. The van der Waals surface area contributed by atoms with Crippen LogP contribution in [-0.2, 0) is 0 Å². The summed E-state index contributed by atoms with van der Waals surface area (Å²) in [6, 6.07) is 26.8. The van der Waals surface area contributed by atoms with Crippen LogP contribution in [0, 0.1) is 0 Å². The minimum Gasteiger partial charge on any atom is -0.492 e. The molecule has 0 aliphatic rings. The van der Waals surface area contributed by atoms with E-state index in [0.29, 0.717) is 46.1 Å². The molecule has 0 N–H and O–H groups in total. The van der Waals surface area contributed by atoms with Crippen molar-refractivity contribution in [3.05, 3.63) is 139 Å². The van der Waals surface area contributed by atoms with Crippen LogP contribution in [0.1, 0.15) is 123 Å². The molecule has 326 valence electrons. The number of nitrogens with zero attached hydrogens (tertiary/aromatic N) is 2. The van der Waals surface area contributed by atoms with Crippen molar-refractivity contribution >= 4 is 82.1 Å². The normalized spacial score (nSPS) is 11.3. The Kier molecular flexibility index (Phi) is 20.1. The maximum atomic E-state index is 13.1. The molecule has 5 aromatic rings. The van der Waals surface area contributed by atoms with E-state index in [-0.39, 0.29) is 32.7 Å².